The van der Waals surface area contributed by atoms with Crippen LogP contribution in [0.2, 0.25) is 0 Å². The van der Waals surface area contributed by atoms with Crippen molar-refractivity contribution in [2.75, 3.05) is 0 Å². The Kier molecular flexibility index (Phi) is 7.61. The number of alkyl carbamates (subject to hydrolysis) is 1. The molecule has 0 atom stereocenters. The summed E-state index contributed by atoms with van der Waals surface area (Å²) in [6, 6.07) is -0.510. The molecule has 0 rings (SSSR count). The van der Waals surface area contributed by atoms with Gasteiger partial charge in [0.1, 0.15) is 17.2 Å². The van der Waals surface area contributed by atoms with Crippen LogP contribution < -0.4 is 5.32 Å². The van der Waals surface area contributed by atoms with Crippen molar-refractivity contribution in [3.63, 3.8) is 0 Å². The summed E-state index contributed by atoms with van der Waals surface area (Å²) in [5.41, 5.74) is -0.612. The number of rotatable bonds is 7. The van der Waals surface area contributed by atoms with Gasteiger partial charge < -0.3 is 10.1 Å². The molecule has 0 aromatic rings. The van der Waals surface area contributed by atoms with E-state index in [1.165, 1.54) is 0 Å². The molecule has 21 heavy (non-hydrogen) atoms. The molecule has 0 radical (unpaired) electrons. The minimum absolute atomic E-state index is 0.0209. The maximum absolute atomic E-state index is 11.9. The molecular formula is C16H29NO4. The summed E-state index contributed by atoms with van der Waals surface area (Å²) < 4.78 is 5.18. The molecule has 0 saturated carbocycles. The van der Waals surface area contributed by atoms with E-state index in [0.717, 1.165) is 0 Å². The zero-order valence-electron chi connectivity index (χ0n) is 14.3. The number of carbonyl (C=O) groups is 3. The highest BCUT2D eigenvalue weighted by atomic mass is 16.6. The first-order valence-electron chi connectivity index (χ1n) is 7.47. The molecule has 0 heterocycles. The highest BCUT2D eigenvalue weighted by Gasteiger charge is 2.24. The van der Waals surface area contributed by atoms with Gasteiger partial charge in [0.25, 0.3) is 0 Å². The van der Waals surface area contributed by atoms with Gasteiger partial charge in [-0.05, 0) is 20.8 Å². The molecule has 1 N–H and O–H groups in total. The van der Waals surface area contributed by atoms with Gasteiger partial charge in [-0.1, -0.05) is 27.7 Å². The van der Waals surface area contributed by atoms with E-state index in [2.05, 4.69) is 5.32 Å². The van der Waals surface area contributed by atoms with Crippen LogP contribution in [0.25, 0.3) is 0 Å². The lowest BCUT2D eigenvalue weighted by Gasteiger charge is -2.24. The van der Waals surface area contributed by atoms with Crippen molar-refractivity contribution in [2.45, 2.75) is 73.0 Å². The summed E-state index contributed by atoms with van der Waals surface area (Å²) in [6.07, 6.45) is -0.300. The third-order valence-corrected chi connectivity index (χ3v) is 2.90. The van der Waals surface area contributed by atoms with Gasteiger partial charge in [0, 0.05) is 30.7 Å². The first-order valence-corrected chi connectivity index (χ1v) is 7.47. The summed E-state index contributed by atoms with van der Waals surface area (Å²) in [7, 11) is 0. The minimum atomic E-state index is -0.612. The van der Waals surface area contributed by atoms with Crippen LogP contribution >= 0.6 is 0 Å². The average molecular weight is 299 g/mol. The summed E-state index contributed by atoms with van der Waals surface area (Å²) in [6.45, 7) is 12.5. The van der Waals surface area contributed by atoms with Crippen LogP contribution in [0.1, 0.15) is 61.3 Å². The summed E-state index contributed by atoms with van der Waals surface area (Å²) in [4.78, 5) is 35.6. The molecule has 5 heteroatoms. The maximum atomic E-state index is 11.9. The van der Waals surface area contributed by atoms with Gasteiger partial charge in [0.05, 0.1) is 0 Å². The Labute approximate surface area is 127 Å². The lowest BCUT2D eigenvalue weighted by Crippen LogP contribution is -2.42. The number of ketones is 2. The van der Waals surface area contributed by atoms with E-state index in [4.69, 9.17) is 4.74 Å². The molecule has 0 aromatic carbocycles. The number of nitrogens with one attached hydrogen (secondary N) is 1. The molecule has 1 amide bonds. The molecule has 0 saturated heterocycles. The third kappa shape index (κ3) is 9.21. The first-order chi connectivity index (χ1) is 9.42. The van der Waals surface area contributed by atoms with Crippen molar-refractivity contribution in [3.05, 3.63) is 0 Å². The number of carbonyl (C=O) groups excluding carboxylic acids is 3. The molecule has 0 aliphatic heterocycles. The Hall–Kier alpha value is -1.39. The second-order valence-corrected chi connectivity index (χ2v) is 6.99. The van der Waals surface area contributed by atoms with E-state index in [9.17, 15) is 14.4 Å². The lowest BCUT2D eigenvalue weighted by atomic mass is 9.95. The van der Waals surface area contributed by atoms with Gasteiger partial charge in [0.15, 0.2) is 0 Å². The van der Waals surface area contributed by atoms with E-state index in [1.54, 1.807) is 48.5 Å². The molecule has 0 unspecified atom stereocenters. The molecule has 0 bridgehead atoms. The minimum Gasteiger partial charge on any atom is -0.444 e. The largest absolute Gasteiger partial charge is 0.444 e. The third-order valence-electron chi connectivity index (χ3n) is 2.90. The molecule has 5 nitrogen and oxygen atoms in total. The van der Waals surface area contributed by atoms with Crippen LogP contribution in [-0.4, -0.2) is 29.3 Å². The fraction of sp³-hybridized carbons (Fsp3) is 0.812. The maximum Gasteiger partial charge on any atom is 0.407 e. The van der Waals surface area contributed by atoms with Crippen LogP contribution in [0, 0.1) is 11.8 Å². The number of amides is 1. The second kappa shape index (κ2) is 8.15. The second-order valence-electron chi connectivity index (χ2n) is 6.99. The van der Waals surface area contributed by atoms with Gasteiger partial charge in [0.2, 0.25) is 0 Å². The van der Waals surface area contributed by atoms with Crippen molar-refractivity contribution < 1.29 is 19.1 Å². The van der Waals surface area contributed by atoms with Gasteiger partial charge >= 0.3 is 6.09 Å². The number of hydrogen-bond donors (Lipinski definition) is 1. The lowest BCUT2D eigenvalue weighted by molar-refractivity contribution is -0.124. The van der Waals surface area contributed by atoms with E-state index in [-0.39, 0.29) is 36.2 Å². The monoisotopic (exact) mass is 299 g/mol. The predicted octanol–water partition coefficient (Wildman–Crippen LogP) is 3.11. The first kappa shape index (κ1) is 19.6. The van der Waals surface area contributed by atoms with Crippen LogP contribution in [0.5, 0.6) is 0 Å². The summed E-state index contributed by atoms with van der Waals surface area (Å²) in [5, 5.41) is 2.64. The molecule has 0 spiro atoms. The van der Waals surface area contributed by atoms with E-state index in [0.29, 0.717) is 0 Å². The smallest absolute Gasteiger partial charge is 0.407 e. The Morgan fingerprint density at radius 1 is 0.905 bits per heavy atom. The Morgan fingerprint density at radius 3 is 1.57 bits per heavy atom. The van der Waals surface area contributed by atoms with E-state index in [1.807, 2.05) is 0 Å². The zero-order valence-corrected chi connectivity index (χ0v) is 14.3. The normalized spacial score (nSPS) is 11.9. The van der Waals surface area contributed by atoms with Crippen molar-refractivity contribution >= 4 is 17.7 Å². The highest BCUT2D eigenvalue weighted by molar-refractivity contribution is 5.85. The fourth-order valence-electron chi connectivity index (χ4n) is 1.61. The van der Waals surface area contributed by atoms with Crippen molar-refractivity contribution in [1.29, 1.82) is 0 Å². The topological polar surface area (TPSA) is 72.5 Å². The number of ether oxygens (including phenoxy) is 1. The molecule has 122 valence electrons. The van der Waals surface area contributed by atoms with E-state index < -0.39 is 17.7 Å². The Balaban J connectivity index is 4.76. The standard InChI is InChI=1S/C16H29NO4/c1-10(2)13(18)8-12(9-14(19)11(3)4)17-15(20)21-16(5,6)7/h10-12H,8-9H2,1-7H3,(H,17,20). The molecule has 0 aliphatic carbocycles. The van der Waals surface area contributed by atoms with Crippen molar-refractivity contribution in [3.8, 4) is 0 Å². The van der Waals surface area contributed by atoms with E-state index >= 15 is 0 Å². The van der Waals surface area contributed by atoms with Gasteiger partial charge in [-0.3, -0.25) is 9.59 Å². The van der Waals surface area contributed by atoms with Crippen molar-refractivity contribution in [1.82, 2.24) is 5.32 Å². The number of hydrogen-bond acceptors (Lipinski definition) is 4. The van der Waals surface area contributed by atoms with Gasteiger partial charge in [-0.2, -0.15) is 0 Å². The molecular weight excluding hydrogens is 270 g/mol. The fourth-order valence-corrected chi connectivity index (χ4v) is 1.61. The SMILES string of the molecule is CC(C)C(=O)CC(CC(=O)C(C)C)NC(=O)OC(C)(C)C. The number of Topliss-reactive ketones (excluding diaryl/α,β-unsaturated/α-hetero) is 2. The van der Waals surface area contributed by atoms with Crippen LogP contribution in [0.4, 0.5) is 4.79 Å². The van der Waals surface area contributed by atoms with Crippen LogP contribution in [-0.2, 0) is 14.3 Å². The zero-order chi connectivity index (χ0) is 16.8. The Bertz CT molecular complexity index is 358. The van der Waals surface area contributed by atoms with Crippen LogP contribution in [0.15, 0.2) is 0 Å². The predicted molar refractivity (Wildman–Crippen MR) is 82.1 cm³/mol. The quantitative estimate of drug-likeness (QED) is 0.784. The van der Waals surface area contributed by atoms with Crippen LogP contribution in [0.3, 0.4) is 0 Å². The van der Waals surface area contributed by atoms with Gasteiger partial charge in [-0.25, -0.2) is 4.79 Å². The van der Waals surface area contributed by atoms with Gasteiger partial charge in [-0.15, -0.1) is 0 Å². The average Bonchev–Trinajstić information content (AvgIpc) is 2.25. The molecule has 0 fully saturated rings. The summed E-state index contributed by atoms with van der Waals surface area (Å²) in [5.74, 6) is -0.204. The van der Waals surface area contributed by atoms with Crippen molar-refractivity contribution in [2.24, 2.45) is 11.8 Å². The molecule has 0 aliphatic rings. The Morgan fingerprint density at radius 2 is 1.29 bits per heavy atom. The molecule has 0 aromatic heterocycles. The summed E-state index contributed by atoms with van der Waals surface area (Å²) >= 11 is 0. The highest BCUT2D eigenvalue weighted by Crippen LogP contribution is 2.12.